The van der Waals surface area contributed by atoms with Gasteiger partial charge in [0.25, 0.3) is 5.91 Å². The Morgan fingerprint density at radius 1 is 1.28 bits per heavy atom. The highest BCUT2D eigenvalue weighted by atomic mass is 35.5. The third-order valence-electron chi connectivity index (χ3n) is 5.00. The highest BCUT2D eigenvalue weighted by Gasteiger charge is 2.35. The minimum Gasteiger partial charge on any atom is -0.465 e. The molecule has 0 aromatic heterocycles. The molecule has 136 valence electrons. The summed E-state index contributed by atoms with van der Waals surface area (Å²) in [6.45, 7) is 4.38. The Hall–Kier alpha value is -1.79. The van der Waals surface area contributed by atoms with E-state index in [2.05, 4.69) is 0 Å². The molecule has 7 heteroatoms. The fraction of sp³-hybridized carbons (Fsp3) is 0.556. The Bertz CT molecular complexity index is 714. The van der Waals surface area contributed by atoms with Gasteiger partial charge in [-0.05, 0) is 61.9 Å². The van der Waals surface area contributed by atoms with Gasteiger partial charge in [0.15, 0.2) is 0 Å². The minimum atomic E-state index is -1.41. The molecule has 0 spiro atoms. The van der Waals surface area contributed by atoms with Gasteiger partial charge in [-0.1, -0.05) is 11.6 Å². The summed E-state index contributed by atoms with van der Waals surface area (Å²) in [5, 5.41) is 20.0. The van der Waals surface area contributed by atoms with E-state index in [0.29, 0.717) is 31.1 Å². The first-order chi connectivity index (χ1) is 11.7. The molecule has 0 unspecified atom stereocenters. The Morgan fingerprint density at radius 3 is 2.64 bits per heavy atom. The summed E-state index contributed by atoms with van der Waals surface area (Å²) < 4.78 is 0. The van der Waals surface area contributed by atoms with E-state index in [9.17, 15) is 19.8 Å². The van der Waals surface area contributed by atoms with Gasteiger partial charge in [-0.2, -0.15) is 0 Å². The lowest BCUT2D eigenvalue weighted by atomic mass is 9.89. The van der Waals surface area contributed by atoms with Crippen molar-refractivity contribution in [3.63, 3.8) is 0 Å². The molecular formula is C18H23ClN2O4. The molecule has 2 N–H and O–H groups in total. The first kappa shape index (κ1) is 18.0. The third-order valence-corrected chi connectivity index (χ3v) is 5.22. The molecule has 2 heterocycles. The zero-order chi connectivity index (χ0) is 18.4. The molecular weight excluding hydrogens is 344 g/mol. The maximum absolute atomic E-state index is 12.4. The van der Waals surface area contributed by atoms with Crippen molar-refractivity contribution >= 4 is 23.6 Å². The zero-order valence-corrected chi connectivity index (χ0v) is 15.2. The van der Waals surface area contributed by atoms with Crippen molar-refractivity contribution in [2.24, 2.45) is 0 Å². The van der Waals surface area contributed by atoms with Crippen molar-refractivity contribution in [1.82, 2.24) is 9.80 Å². The predicted molar refractivity (Wildman–Crippen MR) is 93.6 cm³/mol. The van der Waals surface area contributed by atoms with Crippen LogP contribution < -0.4 is 0 Å². The van der Waals surface area contributed by atoms with E-state index in [4.69, 9.17) is 11.6 Å². The number of nitrogens with zero attached hydrogens (tertiary/aromatic N) is 2. The SMILES string of the molecule is CC(C)(O)C(=O)N1CCc2c(cc(Cl)cc2[C@@H]2CCCN2C(=O)O)C1. The van der Waals surface area contributed by atoms with Gasteiger partial charge in [0.05, 0.1) is 6.04 Å². The summed E-state index contributed by atoms with van der Waals surface area (Å²) >= 11 is 6.29. The van der Waals surface area contributed by atoms with Gasteiger partial charge in [-0.25, -0.2) is 4.79 Å². The van der Waals surface area contributed by atoms with E-state index in [1.807, 2.05) is 12.1 Å². The number of carboxylic acid groups (broad SMARTS) is 1. The second kappa shape index (κ2) is 6.50. The van der Waals surface area contributed by atoms with Crippen LogP contribution in [0.1, 0.15) is 49.4 Å². The molecule has 2 amide bonds. The Kier molecular flexibility index (Phi) is 4.68. The molecule has 3 rings (SSSR count). The van der Waals surface area contributed by atoms with Gasteiger partial charge in [0.1, 0.15) is 5.60 Å². The zero-order valence-electron chi connectivity index (χ0n) is 14.5. The summed E-state index contributed by atoms with van der Waals surface area (Å²) in [6.07, 6.45) is 1.34. The van der Waals surface area contributed by atoms with Crippen LogP contribution in [0.3, 0.4) is 0 Å². The maximum Gasteiger partial charge on any atom is 0.407 e. The minimum absolute atomic E-state index is 0.179. The van der Waals surface area contributed by atoms with Crippen LogP contribution in [0.2, 0.25) is 5.02 Å². The molecule has 0 saturated carbocycles. The van der Waals surface area contributed by atoms with Crippen molar-refractivity contribution in [2.45, 2.75) is 51.3 Å². The fourth-order valence-corrected chi connectivity index (χ4v) is 4.12. The number of hydrogen-bond donors (Lipinski definition) is 2. The van der Waals surface area contributed by atoms with Crippen LogP contribution in [0, 0.1) is 0 Å². The normalized spacial score (nSPS) is 20.6. The molecule has 1 atom stereocenters. The summed E-state index contributed by atoms with van der Waals surface area (Å²) in [5.41, 5.74) is 1.56. The number of halogens is 1. The van der Waals surface area contributed by atoms with E-state index >= 15 is 0 Å². The van der Waals surface area contributed by atoms with Gasteiger partial charge in [0, 0.05) is 24.7 Å². The van der Waals surface area contributed by atoms with Crippen LogP contribution in [0.25, 0.3) is 0 Å². The Labute approximate surface area is 152 Å². The van der Waals surface area contributed by atoms with Crippen molar-refractivity contribution in [2.75, 3.05) is 13.1 Å². The lowest BCUT2D eigenvalue weighted by molar-refractivity contribution is -0.148. The number of benzene rings is 1. The molecule has 1 saturated heterocycles. The molecule has 2 aliphatic rings. The largest absolute Gasteiger partial charge is 0.465 e. The van der Waals surface area contributed by atoms with Crippen LogP contribution in [0.15, 0.2) is 12.1 Å². The average Bonchev–Trinajstić information content (AvgIpc) is 3.01. The number of carbonyl (C=O) groups excluding carboxylic acids is 1. The Morgan fingerprint density at radius 2 is 2.00 bits per heavy atom. The highest BCUT2D eigenvalue weighted by Crippen LogP contribution is 2.38. The summed E-state index contributed by atoms with van der Waals surface area (Å²) in [7, 11) is 0. The van der Waals surface area contributed by atoms with Gasteiger partial charge in [-0.3, -0.25) is 4.79 Å². The van der Waals surface area contributed by atoms with E-state index in [1.165, 1.54) is 18.7 Å². The number of carbonyl (C=O) groups is 2. The second-order valence-electron chi connectivity index (χ2n) is 7.30. The molecule has 1 fully saturated rings. The molecule has 0 radical (unpaired) electrons. The third kappa shape index (κ3) is 3.46. The van der Waals surface area contributed by atoms with Crippen molar-refractivity contribution in [3.8, 4) is 0 Å². The molecule has 2 aliphatic heterocycles. The summed E-state index contributed by atoms with van der Waals surface area (Å²) in [6, 6.07) is 3.52. The van der Waals surface area contributed by atoms with E-state index in [-0.39, 0.29) is 11.9 Å². The van der Waals surface area contributed by atoms with Crippen molar-refractivity contribution in [3.05, 3.63) is 33.8 Å². The van der Waals surface area contributed by atoms with E-state index in [1.54, 1.807) is 4.90 Å². The van der Waals surface area contributed by atoms with Crippen LogP contribution in [0.5, 0.6) is 0 Å². The lowest BCUT2D eigenvalue weighted by Gasteiger charge is -2.35. The predicted octanol–water partition coefficient (Wildman–Crippen LogP) is 2.81. The quantitative estimate of drug-likeness (QED) is 0.843. The summed E-state index contributed by atoms with van der Waals surface area (Å²) in [5.74, 6) is -0.312. The number of aliphatic hydroxyl groups is 1. The molecule has 25 heavy (non-hydrogen) atoms. The fourth-order valence-electron chi connectivity index (χ4n) is 3.87. The molecule has 1 aromatic carbocycles. The monoisotopic (exact) mass is 366 g/mol. The Balaban J connectivity index is 1.94. The molecule has 0 aliphatic carbocycles. The van der Waals surface area contributed by atoms with Gasteiger partial charge in [-0.15, -0.1) is 0 Å². The van der Waals surface area contributed by atoms with Crippen molar-refractivity contribution < 1.29 is 19.8 Å². The number of hydrogen-bond acceptors (Lipinski definition) is 3. The van der Waals surface area contributed by atoms with E-state index in [0.717, 1.165) is 29.5 Å². The van der Waals surface area contributed by atoms with Crippen molar-refractivity contribution in [1.29, 1.82) is 0 Å². The highest BCUT2D eigenvalue weighted by molar-refractivity contribution is 6.30. The lowest BCUT2D eigenvalue weighted by Crippen LogP contribution is -2.47. The standard InChI is InChI=1S/C18H23ClN2O4/c1-18(2,25)16(22)20-7-5-13-11(10-20)8-12(19)9-14(13)15-4-3-6-21(15)17(23)24/h8-9,15,25H,3-7,10H2,1-2H3,(H,23,24)/t15-/m0/s1. The number of amides is 2. The van der Waals surface area contributed by atoms with Crippen LogP contribution in [-0.2, 0) is 17.8 Å². The topological polar surface area (TPSA) is 81.1 Å². The van der Waals surface area contributed by atoms with Crippen LogP contribution in [0.4, 0.5) is 4.79 Å². The van der Waals surface area contributed by atoms with Gasteiger partial charge >= 0.3 is 6.09 Å². The van der Waals surface area contributed by atoms with Gasteiger partial charge < -0.3 is 20.0 Å². The molecule has 1 aromatic rings. The molecule has 0 bridgehead atoms. The van der Waals surface area contributed by atoms with Crippen LogP contribution in [-0.4, -0.2) is 50.7 Å². The first-order valence-electron chi connectivity index (χ1n) is 8.51. The van der Waals surface area contributed by atoms with Crippen LogP contribution >= 0.6 is 11.6 Å². The van der Waals surface area contributed by atoms with E-state index < -0.39 is 11.7 Å². The average molecular weight is 367 g/mol. The second-order valence-corrected chi connectivity index (χ2v) is 7.74. The first-order valence-corrected chi connectivity index (χ1v) is 8.89. The number of fused-ring (bicyclic) bond motifs is 1. The number of rotatable bonds is 2. The summed E-state index contributed by atoms with van der Waals surface area (Å²) in [4.78, 5) is 27.0. The maximum atomic E-state index is 12.4. The number of likely N-dealkylation sites (tertiary alicyclic amines) is 1. The smallest absolute Gasteiger partial charge is 0.407 e. The van der Waals surface area contributed by atoms with Gasteiger partial charge in [0.2, 0.25) is 0 Å². The molecule has 6 nitrogen and oxygen atoms in total.